The van der Waals surface area contributed by atoms with E-state index >= 15 is 0 Å². The van der Waals surface area contributed by atoms with E-state index in [0.29, 0.717) is 0 Å². The van der Waals surface area contributed by atoms with Crippen LogP contribution in [0, 0.1) is 6.92 Å². The van der Waals surface area contributed by atoms with Crippen molar-refractivity contribution in [2.45, 2.75) is 6.92 Å². The number of benzene rings is 2. The molecule has 0 aliphatic carbocycles. The largest absolute Gasteiger partial charge is 0.0605 e. The van der Waals surface area contributed by atoms with E-state index in [9.17, 15) is 0 Å². The smallest absolute Gasteiger partial charge is 0.0469 e. The Morgan fingerprint density at radius 2 is 1.53 bits per heavy atom. The molecular formula is C11H6Br4. The number of halogens is 4. The summed E-state index contributed by atoms with van der Waals surface area (Å²) >= 11 is 14.3. The molecule has 0 aliphatic rings. The molecule has 0 spiro atoms. The van der Waals surface area contributed by atoms with Crippen molar-refractivity contribution in [3.05, 3.63) is 41.7 Å². The van der Waals surface area contributed by atoms with E-state index in [2.05, 4.69) is 76.7 Å². The zero-order chi connectivity index (χ0) is 11.2. The van der Waals surface area contributed by atoms with E-state index < -0.39 is 0 Å². The number of hydrogen-bond donors (Lipinski definition) is 0. The van der Waals surface area contributed by atoms with Crippen molar-refractivity contribution in [1.82, 2.24) is 0 Å². The van der Waals surface area contributed by atoms with E-state index in [0.717, 1.165) is 17.9 Å². The van der Waals surface area contributed by atoms with E-state index in [-0.39, 0.29) is 0 Å². The van der Waals surface area contributed by atoms with Gasteiger partial charge in [0.05, 0.1) is 0 Å². The highest BCUT2D eigenvalue weighted by Crippen LogP contribution is 2.42. The highest BCUT2D eigenvalue weighted by Gasteiger charge is 2.13. The summed E-state index contributed by atoms with van der Waals surface area (Å²) in [6, 6.07) is 6.22. The molecule has 2 aromatic rings. The molecule has 0 aromatic heterocycles. The normalized spacial score (nSPS) is 11.0. The van der Waals surface area contributed by atoms with Gasteiger partial charge in [0, 0.05) is 23.3 Å². The van der Waals surface area contributed by atoms with Crippen LogP contribution in [0.5, 0.6) is 0 Å². The van der Waals surface area contributed by atoms with Crippen LogP contribution in [-0.4, -0.2) is 0 Å². The van der Waals surface area contributed by atoms with Crippen LogP contribution >= 0.6 is 63.7 Å². The second-order valence-corrected chi connectivity index (χ2v) is 6.46. The second-order valence-electron chi connectivity index (χ2n) is 3.23. The van der Waals surface area contributed by atoms with Crippen LogP contribution in [0.25, 0.3) is 10.8 Å². The molecule has 0 unspecified atom stereocenters. The Morgan fingerprint density at radius 1 is 0.867 bits per heavy atom. The van der Waals surface area contributed by atoms with E-state index in [1.165, 1.54) is 16.3 Å². The molecule has 15 heavy (non-hydrogen) atoms. The average Bonchev–Trinajstić information content (AvgIpc) is 2.23. The van der Waals surface area contributed by atoms with Gasteiger partial charge in [0.25, 0.3) is 0 Å². The van der Waals surface area contributed by atoms with Crippen molar-refractivity contribution in [3.63, 3.8) is 0 Å². The molecular weight excluding hydrogens is 452 g/mol. The van der Waals surface area contributed by atoms with E-state index in [1.807, 2.05) is 12.1 Å². The van der Waals surface area contributed by atoms with Gasteiger partial charge in [-0.2, -0.15) is 0 Å². The highest BCUT2D eigenvalue weighted by molar-refractivity contribution is 9.14. The van der Waals surface area contributed by atoms with Gasteiger partial charge in [-0.05, 0) is 71.7 Å². The van der Waals surface area contributed by atoms with Gasteiger partial charge in [0.15, 0.2) is 0 Å². The minimum atomic E-state index is 1.06. The molecule has 0 radical (unpaired) electrons. The monoisotopic (exact) mass is 454 g/mol. The third-order valence-corrected chi connectivity index (χ3v) is 6.65. The van der Waals surface area contributed by atoms with E-state index in [1.54, 1.807) is 0 Å². The topological polar surface area (TPSA) is 0 Å². The molecule has 0 heterocycles. The van der Waals surface area contributed by atoms with Crippen LogP contribution in [0.1, 0.15) is 5.56 Å². The Morgan fingerprint density at radius 3 is 2.20 bits per heavy atom. The second kappa shape index (κ2) is 4.47. The van der Waals surface area contributed by atoms with Crippen molar-refractivity contribution in [1.29, 1.82) is 0 Å². The average molecular weight is 458 g/mol. The van der Waals surface area contributed by atoms with Crippen molar-refractivity contribution < 1.29 is 0 Å². The molecule has 0 saturated heterocycles. The summed E-state index contributed by atoms with van der Waals surface area (Å²) in [5.41, 5.74) is 1.24. The third-order valence-electron chi connectivity index (χ3n) is 2.35. The highest BCUT2D eigenvalue weighted by atomic mass is 79.9. The summed E-state index contributed by atoms with van der Waals surface area (Å²) < 4.78 is 4.32. The molecule has 4 heteroatoms. The Kier molecular flexibility index (Phi) is 3.61. The van der Waals surface area contributed by atoms with Gasteiger partial charge in [-0.25, -0.2) is 0 Å². The molecule has 0 bridgehead atoms. The first kappa shape index (κ1) is 12.1. The molecule has 0 N–H and O–H groups in total. The van der Waals surface area contributed by atoms with Gasteiger partial charge in [-0.1, -0.05) is 28.1 Å². The summed E-state index contributed by atoms with van der Waals surface area (Å²) in [4.78, 5) is 0. The van der Waals surface area contributed by atoms with Gasteiger partial charge in [0.2, 0.25) is 0 Å². The number of hydrogen-bond acceptors (Lipinski definition) is 0. The van der Waals surface area contributed by atoms with Crippen LogP contribution < -0.4 is 0 Å². The van der Waals surface area contributed by atoms with Gasteiger partial charge in [-0.3, -0.25) is 0 Å². The van der Waals surface area contributed by atoms with Gasteiger partial charge < -0.3 is 0 Å². The SMILES string of the molecule is Cc1c(Br)c(Br)c(Br)c2c(Br)cccc12. The molecule has 0 aliphatic heterocycles. The Hall–Kier alpha value is 0.620. The van der Waals surface area contributed by atoms with Crippen LogP contribution in [0.15, 0.2) is 36.1 Å². The van der Waals surface area contributed by atoms with Crippen LogP contribution in [0.3, 0.4) is 0 Å². The van der Waals surface area contributed by atoms with Gasteiger partial charge in [0.1, 0.15) is 0 Å². The fourth-order valence-electron chi connectivity index (χ4n) is 1.55. The lowest BCUT2D eigenvalue weighted by atomic mass is 10.1. The van der Waals surface area contributed by atoms with Crippen molar-refractivity contribution >= 4 is 74.5 Å². The molecule has 78 valence electrons. The zero-order valence-electron chi connectivity index (χ0n) is 7.74. The molecule has 0 fully saturated rings. The number of fused-ring (bicyclic) bond motifs is 1. The maximum Gasteiger partial charge on any atom is 0.0469 e. The minimum Gasteiger partial charge on any atom is -0.0605 e. The van der Waals surface area contributed by atoms with Crippen LogP contribution in [-0.2, 0) is 0 Å². The maximum absolute atomic E-state index is 3.61. The predicted molar refractivity (Wildman–Crippen MR) is 79.5 cm³/mol. The molecule has 2 rings (SSSR count). The van der Waals surface area contributed by atoms with Crippen molar-refractivity contribution in [2.24, 2.45) is 0 Å². The summed E-state index contributed by atoms with van der Waals surface area (Å²) in [7, 11) is 0. The van der Waals surface area contributed by atoms with E-state index in [4.69, 9.17) is 0 Å². The summed E-state index contributed by atoms with van der Waals surface area (Å²) in [5.74, 6) is 0. The molecule has 2 aromatic carbocycles. The molecule has 0 amide bonds. The fraction of sp³-hybridized carbons (Fsp3) is 0.0909. The maximum atomic E-state index is 3.61. The lowest BCUT2D eigenvalue weighted by molar-refractivity contribution is 1.44. The van der Waals surface area contributed by atoms with Gasteiger partial charge >= 0.3 is 0 Å². The Bertz CT molecular complexity index is 546. The molecule has 0 nitrogen and oxygen atoms in total. The minimum absolute atomic E-state index is 1.06. The third kappa shape index (κ3) is 1.94. The first-order chi connectivity index (χ1) is 7.04. The van der Waals surface area contributed by atoms with Crippen LogP contribution in [0.4, 0.5) is 0 Å². The lowest BCUT2D eigenvalue weighted by Crippen LogP contribution is -1.86. The summed E-state index contributed by atoms with van der Waals surface area (Å²) in [6.07, 6.45) is 0. The lowest BCUT2D eigenvalue weighted by Gasteiger charge is -2.11. The zero-order valence-corrected chi connectivity index (χ0v) is 14.1. The predicted octanol–water partition coefficient (Wildman–Crippen LogP) is 6.20. The Labute approximate surface area is 122 Å². The summed E-state index contributed by atoms with van der Waals surface area (Å²) in [6.45, 7) is 2.11. The quantitative estimate of drug-likeness (QED) is 0.413. The first-order valence-electron chi connectivity index (χ1n) is 4.25. The van der Waals surface area contributed by atoms with Crippen molar-refractivity contribution in [3.8, 4) is 0 Å². The standard InChI is InChI=1S/C11H6Br4/c1-5-6-3-2-4-7(12)8(6)10(14)11(15)9(5)13/h2-4H,1H3. The number of rotatable bonds is 0. The van der Waals surface area contributed by atoms with Crippen molar-refractivity contribution in [2.75, 3.05) is 0 Å². The summed E-state index contributed by atoms with van der Waals surface area (Å²) in [5, 5.41) is 2.44. The fourth-order valence-corrected chi connectivity index (χ4v) is 4.18. The van der Waals surface area contributed by atoms with Crippen LogP contribution in [0.2, 0.25) is 0 Å². The molecule has 0 atom stereocenters. The number of aryl methyl sites for hydroxylation is 1. The van der Waals surface area contributed by atoms with Gasteiger partial charge in [-0.15, -0.1) is 0 Å². The molecule has 0 saturated carbocycles. The first-order valence-corrected chi connectivity index (χ1v) is 7.42. The Balaban J connectivity index is 3.08.